The first-order chi connectivity index (χ1) is 9.31. The summed E-state index contributed by atoms with van der Waals surface area (Å²) in [6.07, 6.45) is 0.0329. The van der Waals surface area contributed by atoms with Gasteiger partial charge >= 0.3 is 0 Å². The van der Waals surface area contributed by atoms with Gasteiger partial charge in [0.1, 0.15) is 0 Å². The second-order valence-electron chi connectivity index (χ2n) is 5.50. The van der Waals surface area contributed by atoms with Gasteiger partial charge in [0.05, 0.1) is 23.8 Å². The highest BCUT2D eigenvalue weighted by Crippen LogP contribution is 2.35. The second-order valence-corrected chi connectivity index (χ2v) is 6.76. The van der Waals surface area contributed by atoms with E-state index in [2.05, 4.69) is 28.2 Å². The van der Waals surface area contributed by atoms with E-state index in [0.717, 1.165) is 10.0 Å². The zero-order valence-electron chi connectivity index (χ0n) is 12.0. The molecule has 0 radical (unpaired) electrons. The fourth-order valence-electron chi connectivity index (χ4n) is 2.68. The first-order valence-corrected chi connectivity index (χ1v) is 7.90. The Balaban J connectivity index is 2.18. The standard InChI is InChI=1S/C15H19BrClNO2/c1-7-5-11(16)13(6-12(7)17)18-15(19)14-8(2)9(3)20-10(14)4/h5-6,8-10,14H,1-4H3,(H,18,19). The predicted molar refractivity (Wildman–Crippen MR) is 85.2 cm³/mol. The zero-order chi connectivity index (χ0) is 15.0. The Morgan fingerprint density at radius 1 is 1.30 bits per heavy atom. The number of hydrogen-bond acceptors (Lipinski definition) is 2. The number of aryl methyl sites for hydroxylation is 1. The van der Waals surface area contributed by atoms with Crippen LogP contribution in [0.3, 0.4) is 0 Å². The topological polar surface area (TPSA) is 38.3 Å². The van der Waals surface area contributed by atoms with E-state index in [1.165, 1.54) is 0 Å². The third-order valence-electron chi connectivity index (χ3n) is 4.05. The summed E-state index contributed by atoms with van der Waals surface area (Å²) in [5.74, 6) is 0.0386. The third-order valence-corrected chi connectivity index (χ3v) is 5.11. The first kappa shape index (κ1) is 15.8. The molecule has 0 aliphatic carbocycles. The molecule has 110 valence electrons. The smallest absolute Gasteiger partial charge is 0.230 e. The summed E-state index contributed by atoms with van der Waals surface area (Å²) in [5.41, 5.74) is 1.67. The average Bonchev–Trinajstić information content (AvgIpc) is 2.60. The van der Waals surface area contributed by atoms with Gasteiger partial charge in [0, 0.05) is 9.50 Å². The first-order valence-electron chi connectivity index (χ1n) is 6.73. The molecule has 0 bridgehead atoms. The number of nitrogens with one attached hydrogen (secondary N) is 1. The molecule has 0 spiro atoms. The molecule has 3 nitrogen and oxygen atoms in total. The average molecular weight is 361 g/mol. The normalized spacial score (nSPS) is 29.5. The lowest BCUT2D eigenvalue weighted by Crippen LogP contribution is -2.32. The van der Waals surface area contributed by atoms with Crippen molar-refractivity contribution in [2.45, 2.75) is 39.9 Å². The summed E-state index contributed by atoms with van der Waals surface area (Å²) in [7, 11) is 0. The summed E-state index contributed by atoms with van der Waals surface area (Å²) in [5, 5.41) is 3.59. The summed E-state index contributed by atoms with van der Waals surface area (Å²) in [4.78, 5) is 12.5. The zero-order valence-corrected chi connectivity index (χ0v) is 14.4. The van der Waals surface area contributed by atoms with E-state index in [-0.39, 0.29) is 30.0 Å². The lowest BCUT2D eigenvalue weighted by Gasteiger charge is -2.19. The quantitative estimate of drug-likeness (QED) is 0.848. The van der Waals surface area contributed by atoms with Gasteiger partial charge in [0.25, 0.3) is 0 Å². The number of rotatable bonds is 2. The summed E-state index contributed by atoms with van der Waals surface area (Å²) in [6, 6.07) is 3.67. The molecule has 2 rings (SSSR count). The lowest BCUT2D eigenvalue weighted by atomic mass is 9.89. The number of hydrogen-bond donors (Lipinski definition) is 1. The van der Waals surface area contributed by atoms with E-state index < -0.39 is 0 Å². The molecule has 0 saturated carbocycles. The molecule has 1 aliphatic heterocycles. The molecule has 4 unspecified atom stereocenters. The number of carbonyl (C=O) groups is 1. The van der Waals surface area contributed by atoms with Gasteiger partial charge in [-0.05, 0) is 60.3 Å². The molecule has 1 heterocycles. The van der Waals surface area contributed by atoms with E-state index in [9.17, 15) is 4.79 Å². The Hall–Kier alpha value is -0.580. The van der Waals surface area contributed by atoms with Crippen molar-refractivity contribution in [1.82, 2.24) is 0 Å². The summed E-state index contributed by atoms with van der Waals surface area (Å²) in [6.45, 7) is 7.93. The summed E-state index contributed by atoms with van der Waals surface area (Å²) < 4.78 is 6.55. The van der Waals surface area contributed by atoms with Crippen molar-refractivity contribution in [3.8, 4) is 0 Å². The Morgan fingerprint density at radius 3 is 2.50 bits per heavy atom. The highest BCUT2D eigenvalue weighted by molar-refractivity contribution is 9.10. The van der Waals surface area contributed by atoms with Crippen LogP contribution in [0.5, 0.6) is 0 Å². The van der Waals surface area contributed by atoms with Crippen LogP contribution >= 0.6 is 27.5 Å². The van der Waals surface area contributed by atoms with Crippen molar-refractivity contribution in [2.24, 2.45) is 11.8 Å². The second kappa shape index (κ2) is 6.04. The molecule has 1 aromatic rings. The summed E-state index contributed by atoms with van der Waals surface area (Å²) >= 11 is 9.57. The van der Waals surface area contributed by atoms with Gasteiger partial charge in [-0.25, -0.2) is 0 Å². The number of ether oxygens (including phenoxy) is 1. The van der Waals surface area contributed by atoms with Crippen molar-refractivity contribution < 1.29 is 9.53 Å². The minimum Gasteiger partial charge on any atom is -0.374 e. The lowest BCUT2D eigenvalue weighted by molar-refractivity contribution is -0.121. The highest BCUT2D eigenvalue weighted by Gasteiger charge is 2.41. The van der Waals surface area contributed by atoms with Crippen molar-refractivity contribution in [2.75, 3.05) is 5.32 Å². The van der Waals surface area contributed by atoms with Crippen molar-refractivity contribution >= 4 is 39.1 Å². The number of benzene rings is 1. The van der Waals surface area contributed by atoms with Crippen LogP contribution in [-0.4, -0.2) is 18.1 Å². The molecular formula is C15H19BrClNO2. The van der Waals surface area contributed by atoms with E-state index in [1.807, 2.05) is 26.8 Å². The number of carbonyl (C=O) groups excluding carboxylic acids is 1. The molecular weight excluding hydrogens is 342 g/mol. The molecule has 5 heteroatoms. The monoisotopic (exact) mass is 359 g/mol. The Kier molecular flexibility index (Phi) is 4.77. The Bertz CT molecular complexity index is 535. The van der Waals surface area contributed by atoms with Crippen molar-refractivity contribution in [1.29, 1.82) is 0 Å². The van der Waals surface area contributed by atoms with Gasteiger partial charge < -0.3 is 10.1 Å². The van der Waals surface area contributed by atoms with E-state index in [4.69, 9.17) is 16.3 Å². The van der Waals surface area contributed by atoms with Crippen LogP contribution in [-0.2, 0) is 9.53 Å². The fraction of sp³-hybridized carbons (Fsp3) is 0.533. The molecule has 20 heavy (non-hydrogen) atoms. The van der Waals surface area contributed by atoms with Crippen LogP contribution in [0.1, 0.15) is 26.3 Å². The molecule has 1 fully saturated rings. The number of amides is 1. The van der Waals surface area contributed by atoms with E-state index >= 15 is 0 Å². The van der Waals surface area contributed by atoms with Crippen molar-refractivity contribution in [3.05, 3.63) is 27.2 Å². The number of anilines is 1. The Labute approximate surface area is 133 Å². The highest BCUT2D eigenvalue weighted by atomic mass is 79.9. The van der Waals surface area contributed by atoms with Crippen molar-refractivity contribution in [3.63, 3.8) is 0 Å². The van der Waals surface area contributed by atoms with Crippen LogP contribution in [0, 0.1) is 18.8 Å². The molecule has 0 aromatic heterocycles. The Morgan fingerprint density at radius 2 is 1.95 bits per heavy atom. The maximum absolute atomic E-state index is 12.5. The van der Waals surface area contributed by atoms with E-state index in [1.54, 1.807) is 6.07 Å². The van der Waals surface area contributed by atoms with Gasteiger partial charge in [-0.15, -0.1) is 0 Å². The molecule has 1 saturated heterocycles. The van der Waals surface area contributed by atoms with Gasteiger partial charge in [0.2, 0.25) is 5.91 Å². The van der Waals surface area contributed by atoms with Gasteiger partial charge in [-0.2, -0.15) is 0 Å². The molecule has 1 N–H and O–H groups in total. The minimum absolute atomic E-state index is 0.0185. The van der Waals surface area contributed by atoms with Crippen LogP contribution in [0.15, 0.2) is 16.6 Å². The van der Waals surface area contributed by atoms with Crippen LogP contribution in [0.4, 0.5) is 5.69 Å². The van der Waals surface area contributed by atoms with Gasteiger partial charge in [-0.1, -0.05) is 18.5 Å². The van der Waals surface area contributed by atoms with E-state index in [0.29, 0.717) is 10.7 Å². The SMILES string of the molecule is Cc1cc(Br)c(NC(=O)C2C(C)OC(C)C2C)cc1Cl. The maximum Gasteiger partial charge on any atom is 0.230 e. The van der Waals surface area contributed by atoms with Gasteiger partial charge in [0.15, 0.2) is 0 Å². The maximum atomic E-state index is 12.5. The molecule has 1 aromatic carbocycles. The van der Waals surface area contributed by atoms with Gasteiger partial charge in [-0.3, -0.25) is 4.79 Å². The predicted octanol–water partition coefficient (Wildman–Crippen LogP) is 4.41. The molecule has 4 atom stereocenters. The van der Waals surface area contributed by atoms with Crippen LogP contribution in [0.2, 0.25) is 5.02 Å². The largest absolute Gasteiger partial charge is 0.374 e. The minimum atomic E-state index is -0.142. The third kappa shape index (κ3) is 3.02. The fourth-order valence-corrected chi connectivity index (χ4v) is 3.40. The molecule has 1 aliphatic rings. The van der Waals surface area contributed by atoms with Crippen LogP contribution < -0.4 is 5.32 Å². The van der Waals surface area contributed by atoms with Crippen LogP contribution in [0.25, 0.3) is 0 Å². The number of halogens is 2. The molecule has 1 amide bonds.